The van der Waals surface area contributed by atoms with Crippen LogP contribution in [0.15, 0.2) is 51.7 Å². The Morgan fingerprint density at radius 3 is 2.58 bits per heavy atom. The first-order valence-corrected chi connectivity index (χ1v) is 7.64. The van der Waals surface area contributed by atoms with Crippen LogP contribution in [0.3, 0.4) is 0 Å². The maximum absolute atomic E-state index is 12.7. The summed E-state index contributed by atoms with van der Waals surface area (Å²) in [6.45, 7) is 4.14. The number of benzene rings is 2. The quantitative estimate of drug-likeness (QED) is 0.699. The van der Waals surface area contributed by atoms with Crippen LogP contribution in [0, 0.1) is 6.92 Å². The molecule has 124 valence electrons. The van der Waals surface area contributed by atoms with Crippen molar-refractivity contribution in [2.45, 2.75) is 13.8 Å². The van der Waals surface area contributed by atoms with Crippen LogP contribution < -0.4 is 19.6 Å². The predicted molar refractivity (Wildman–Crippen MR) is 91.5 cm³/mol. The van der Waals surface area contributed by atoms with E-state index in [1.165, 1.54) is 0 Å². The van der Waals surface area contributed by atoms with Crippen molar-refractivity contribution in [1.29, 1.82) is 0 Å². The van der Waals surface area contributed by atoms with Gasteiger partial charge in [0.1, 0.15) is 28.6 Å². The molecule has 0 saturated carbocycles. The molecule has 0 aliphatic carbocycles. The number of fused-ring (bicyclic) bond motifs is 1. The van der Waals surface area contributed by atoms with Gasteiger partial charge in [-0.3, -0.25) is 4.79 Å². The van der Waals surface area contributed by atoms with Crippen LogP contribution in [0.25, 0.3) is 11.0 Å². The standard InChI is InChI=1S/C19H18O5/c1-4-22-14-8-9-16-17(11-14)23-12(2)19(18(16)20)24-15-7-5-6-13(10-15)21-3/h5-11H,4H2,1-3H3. The van der Waals surface area contributed by atoms with E-state index in [0.717, 1.165) is 0 Å². The van der Waals surface area contributed by atoms with Crippen molar-refractivity contribution in [2.24, 2.45) is 0 Å². The Morgan fingerprint density at radius 2 is 1.83 bits per heavy atom. The summed E-state index contributed by atoms with van der Waals surface area (Å²) in [6, 6.07) is 12.2. The van der Waals surface area contributed by atoms with Gasteiger partial charge in [0.25, 0.3) is 0 Å². The first kappa shape index (κ1) is 15.9. The molecule has 5 heteroatoms. The molecule has 0 atom stereocenters. The van der Waals surface area contributed by atoms with E-state index >= 15 is 0 Å². The molecule has 2 aromatic carbocycles. The lowest BCUT2D eigenvalue weighted by Gasteiger charge is -2.10. The van der Waals surface area contributed by atoms with E-state index < -0.39 is 0 Å². The first-order chi connectivity index (χ1) is 11.6. The van der Waals surface area contributed by atoms with Crippen LogP contribution in [0.1, 0.15) is 12.7 Å². The molecule has 0 aliphatic heterocycles. The molecule has 0 aliphatic rings. The van der Waals surface area contributed by atoms with Gasteiger partial charge in [0.05, 0.1) is 19.1 Å². The number of ether oxygens (including phenoxy) is 3. The molecule has 0 unspecified atom stereocenters. The second kappa shape index (κ2) is 6.66. The predicted octanol–water partition coefficient (Wildman–Crippen LogP) is 4.30. The Hall–Kier alpha value is -2.95. The van der Waals surface area contributed by atoms with Gasteiger partial charge < -0.3 is 18.6 Å². The van der Waals surface area contributed by atoms with E-state index in [-0.39, 0.29) is 11.2 Å². The molecule has 5 nitrogen and oxygen atoms in total. The lowest BCUT2D eigenvalue weighted by Crippen LogP contribution is -2.07. The van der Waals surface area contributed by atoms with Crippen molar-refractivity contribution in [3.63, 3.8) is 0 Å². The van der Waals surface area contributed by atoms with Crippen molar-refractivity contribution in [1.82, 2.24) is 0 Å². The smallest absolute Gasteiger partial charge is 0.235 e. The van der Waals surface area contributed by atoms with Gasteiger partial charge in [-0.2, -0.15) is 0 Å². The molecule has 3 aromatic rings. The highest BCUT2D eigenvalue weighted by molar-refractivity contribution is 5.79. The molecule has 24 heavy (non-hydrogen) atoms. The van der Waals surface area contributed by atoms with E-state index in [2.05, 4.69) is 0 Å². The van der Waals surface area contributed by atoms with Gasteiger partial charge in [-0.15, -0.1) is 0 Å². The Balaban J connectivity index is 2.05. The maximum Gasteiger partial charge on any atom is 0.235 e. The fourth-order valence-corrected chi connectivity index (χ4v) is 2.43. The lowest BCUT2D eigenvalue weighted by molar-refractivity contribution is 0.340. The first-order valence-electron chi connectivity index (χ1n) is 7.64. The molecular formula is C19H18O5. The van der Waals surface area contributed by atoms with Crippen molar-refractivity contribution in [2.75, 3.05) is 13.7 Å². The average molecular weight is 326 g/mol. The van der Waals surface area contributed by atoms with Gasteiger partial charge in [-0.25, -0.2) is 0 Å². The zero-order chi connectivity index (χ0) is 17.1. The van der Waals surface area contributed by atoms with Crippen LogP contribution in [-0.2, 0) is 0 Å². The van der Waals surface area contributed by atoms with Crippen LogP contribution in [0.4, 0.5) is 0 Å². The van der Waals surface area contributed by atoms with Crippen molar-refractivity contribution in [3.05, 3.63) is 58.4 Å². The van der Waals surface area contributed by atoms with E-state index in [0.29, 0.717) is 40.6 Å². The third-order valence-corrected chi connectivity index (χ3v) is 3.56. The fraction of sp³-hybridized carbons (Fsp3) is 0.211. The summed E-state index contributed by atoms with van der Waals surface area (Å²) >= 11 is 0. The van der Waals surface area contributed by atoms with Gasteiger partial charge in [0.2, 0.25) is 11.2 Å². The summed E-state index contributed by atoms with van der Waals surface area (Å²) in [4.78, 5) is 12.7. The van der Waals surface area contributed by atoms with Crippen LogP contribution in [-0.4, -0.2) is 13.7 Å². The molecule has 0 saturated heterocycles. The Morgan fingerprint density at radius 1 is 1.04 bits per heavy atom. The Labute approximate surface area is 139 Å². The van der Waals surface area contributed by atoms with Crippen LogP contribution >= 0.6 is 0 Å². The molecule has 1 heterocycles. The Kier molecular flexibility index (Phi) is 4.42. The molecule has 0 N–H and O–H groups in total. The van der Waals surface area contributed by atoms with E-state index in [1.807, 2.05) is 6.92 Å². The number of hydrogen-bond acceptors (Lipinski definition) is 5. The zero-order valence-corrected chi connectivity index (χ0v) is 13.8. The second-order valence-corrected chi connectivity index (χ2v) is 5.19. The molecular weight excluding hydrogens is 308 g/mol. The largest absolute Gasteiger partial charge is 0.497 e. The van der Waals surface area contributed by atoms with Gasteiger partial charge >= 0.3 is 0 Å². The highest BCUT2D eigenvalue weighted by atomic mass is 16.5. The fourth-order valence-electron chi connectivity index (χ4n) is 2.43. The second-order valence-electron chi connectivity index (χ2n) is 5.19. The van der Waals surface area contributed by atoms with E-state index in [4.69, 9.17) is 18.6 Å². The van der Waals surface area contributed by atoms with Crippen molar-refractivity contribution < 1.29 is 18.6 Å². The average Bonchev–Trinajstić information content (AvgIpc) is 2.59. The third-order valence-electron chi connectivity index (χ3n) is 3.56. The lowest BCUT2D eigenvalue weighted by atomic mass is 10.2. The summed E-state index contributed by atoms with van der Waals surface area (Å²) in [6.07, 6.45) is 0. The minimum atomic E-state index is -0.223. The van der Waals surface area contributed by atoms with Gasteiger partial charge in [0, 0.05) is 12.1 Å². The normalized spacial score (nSPS) is 10.6. The number of aryl methyl sites for hydroxylation is 1. The number of hydrogen-bond donors (Lipinski definition) is 0. The van der Waals surface area contributed by atoms with Crippen LogP contribution in [0.5, 0.6) is 23.0 Å². The van der Waals surface area contributed by atoms with Crippen molar-refractivity contribution in [3.8, 4) is 23.0 Å². The summed E-state index contributed by atoms with van der Waals surface area (Å²) in [7, 11) is 1.57. The highest BCUT2D eigenvalue weighted by Gasteiger charge is 2.14. The van der Waals surface area contributed by atoms with Gasteiger partial charge in [-0.1, -0.05) is 6.07 Å². The molecule has 3 rings (SSSR count). The van der Waals surface area contributed by atoms with Crippen molar-refractivity contribution >= 4 is 11.0 Å². The monoisotopic (exact) mass is 326 g/mol. The minimum Gasteiger partial charge on any atom is -0.497 e. The van der Waals surface area contributed by atoms with E-state index in [1.54, 1.807) is 56.5 Å². The molecule has 0 bridgehead atoms. The SMILES string of the molecule is CCOc1ccc2c(=O)c(Oc3cccc(OC)c3)c(C)oc2c1. The molecule has 0 amide bonds. The minimum absolute atomic E-state index is 0.167. The molecule has 1 aromatic heterocycles. The molecule has 0 spiro atoms. The van der Waals surface area contributed by atoms with E-state index in [9.17, 15) is 4.79 Å². The van der Waals surface area contributed by atoms with Gasteiger partial charge in [-0.05, 0) is 38.1 Å². The number of rotatable bonds is 5. The molecule has 0 radical (unpaired) electrons. The number of methoxy groups -OCH3 is 1. The zero-order valence-electron chi connectivity index (χ0n) is 13.8. The van der Waals surface area contributed by atoms with Gasteiger partial charge in [0.15, 0.2) is 0 Å². The molecule has 0 fully saturated rings. The third kappa shape index (κ3) is 3.06. The summed E-state index contributed by atoms with van der Waals surface area (Å²) in [5, 5.41) is 0.446. The summed E-state index contributed by atoms with van der Waals surface area (Å²) < 4.78 is 22.1. The topological polar surface area (TPSA) is 57.9 Å². The summed E-state index contributed by atoms with van der Waals surface area (Å²) in [5.74, 6) is 2.39. The highest BCUT2D eigenvalue weighted by Crippen LogP contribution is 2.28. The summed E-state index contributed by atoms with van der Waals surface area (Å²) in [5.41, 5.74) is 0.251. The maximum atomic E-state index is 12.7. The van der Waals surface area contributed by atoms with Crippen LogP contribution in [0.2, 0.25) is 0 Å². The Bertz CT molecular complexity index is 927.